The monoisotopic (exact) mass is 304 g/mol. The topological polar surface area (TPSA) is 28.1 Å². The molecule has 0 spiro atoms. The predicted octanol–water partition coefficient (Wildman–Crippen LogP) is 4.89. The van der Waals surface area contributed by atoms with E-state index in [9.17, 15) is 17.3 Å². The summed E-state index contributed by atoms with van der Waals surface area (Å²) in [6, 6.07) is 4.94. The molecule has 0 radical (unpaired) electrons. The van der Waals surface area contributed by atoms with E-state index in [0.717, 1.165) is 4.47 Å². The van der Waals surface area contributed by atoms with Crippen molar-refractivity contribution in [2.45, 2.75) is 0 Å². The summed E-state index contributed by atoms with van der Waals surface area (Å²) < 4.78 is 39.8. The molecular formula is C6H3BBrClF4N2. The van der Waals surface area contributed by atoms with Crippen LogP contribution in [-0.4, -0.2) is 7.25 Å². The number of hydrogen-bond donors (Lipinski definition) is 0. The molecule has 2 nitrogen and oxygen atoms in total. The van der Waals surface area contributed by atoms with Crippen molar-refractivity contribution in [2.24, 2.45) is 0 Å². The lowest BCUT2D eigenvalue weighted by Gasteiger charge is -1.94. The smallest absolute Gasteiger partial charge is 0.418 e. The van der Waals surface area contributed by atoms with E-state index in [1.165, 1.54) is 0 Å². The average molecular weight is 305 g/mol. The molecule has 0 unspecified atom stereocenters. The molecule has 0 aliphatic rings. The number of benzene rings is 1. The highest BCUT2D eigenvalue weighted by atomic mass is 79.9. The minimum atomic E-state index is -6.00. The molecule has 0 bridgehead atoms. The lowest BCUT2D eigenvalue weighted by molar-refractivity contribution is 0.368. The first-order chi connectivity index (χ1) is 6.72. The third-order valence-corrected chi connectivity index (χ3v) is 1.64. The van der Waals surface area contributed by atoms with Gasteiger partial charge in [-0.25, -0.2) is 0 Å². The summed E-state index contributed by atoms with van der Waals surface area (Å²) in [5.41, 5.74) is 0.444. The maximum absolute atomic E-state index is 9.75. The summed E-state index contributed by atoms with van der Waals surface area (Å²) in [6.45, 7) is 0. The first-order valence-corrected chi connectivity index (χ1v) is 4.58. The first-order valence-electron chi connectivity index (χ1n) is 3.41. The summed E-state index contributed by atoms with van der Waals surface area (Å²) in [6.07, 6.45) is 0. The van der Waals surface area contributed by atoms with Gasteiger partial charge in [-0.1, -0.05) is 27.5 Å². The number of diazo groups is 1. The Morgan fingerprint density at radius 3 is 2.00 bits per heavy atom. The van der Waals surface area contributed by atoms with Crippen LogP contribution in [-0.2, 0) is 0 Å². The number of halogens is 6. The standard InChI is InChI=1S/C6H3BrClN2.BF4/c7-4-1-5(8)3-6(2-4)10-9;2-1(3,4)5/h1-3H;/q+1;-1. The molecule has 0 saturated carbocycles. The Balaban J connectivity index is 0.000000336. The molecule has 0 fully saturated rings. The Morgan fingerprint density at radius 2 is 1.67 bits per heavy atom. The van der Waals surface area contributed by atoms with Gasteiger partial charge in [0.1, 0.15) is 0 Å². The van der Waals surface area contributed by atoms with Gasteiger partial charge in [-0.15, -0.1) is 0 Å². The number of hydrogen-bond acceptors (Lipinski definition) is 1. The molecule has 0 aliphatic carbocycles. The molecule has 82 valence electrons. The third kappa shape index (κ3) is 9.50. The van der Waals surface area contributed by atoms with Gasteiger partial charge in [0.05, 0.1) is 6.07 Å². The Morgan fingerprint density at radius 1 is 1.20 bits per heavy atom. The lowest BCUT2D eigenvalue weighted by Crippen LogP contribution is -2.02. The molecule has 1 aromatic carbocycles. The van der Waals surface area contributed by atoms with Crippen molar-refractivity contribution in [3.8, 4) is 0 Å². The van der Waals surface area contributed by atoms with Crippen molar-refractivity contribution in [1.82, 2.24) is 0 Å². The Hall–Kier alpha value is -0.805. The van der Waals surface area contributed by atoms with E-state index in [4.69, 9.17) is 17.0 Å². The van der Waals surface area contributed by atoms with E-state index in [1.54, 1.807) is 18.2 Å². The van der Waals surface area contributed by atoms with Crippen LogP contribution in [0.2, 0.25) is 5.02 Å². The second-order valence-electron chi connectivity index (χ2n) is 2.22. The predicted molar refractivity (Wildman–Crippen MR) is 54.1 cm³/mol. The molecule has 0 saturated heterocycles. The molecule has 15 heavy (non-hydrogen) atoms. The summed E-state index contributed by atoms with van der Waals surface area (Å²) in [7, 11) is -6.00. The van der Waals surface area contributed by atoms with Gasteiger partial charge in [0.2, 0.25) is 5.39 Å². The van der Waals surface area contributed by atoms with Gasteiger partial charge in [0.15, 0.2) is 4.98 Å². The lowest BCUT2D eigenvalue weighted by atomic mass is 10.3. The minimum absolute atomic E-state index is 0.444. The number of rotatable bonds is 0. The van der Waals surface area contributed by atoms with E-state index >= 15 is 0 Å². The van der Waals surface area contributed by atoms with Crippen molar-refractivity contribution >= 4 is 40.5 Å². The second kappa shape index (κ2) is 5.93. The van der Waals surface area contributed by atoms with Crippen LogP contribution in [0.3, 0.4) is 0 Å². The van der Waals surface area contributed by atoms with Gasteiger partial charge >= 0.3 is 12.9 Å². The van der Waals surface area contributed by atoms with E-state index in [2.05, 4.69) is 20.9 Å². The van der Waals surface area contributed by atoms with Gasteiger partial charge in [-0.05, 0) is 6.07 Å². The Bertz CT molecular complexity index is 352. The zero-order valence-electron chi connectivity index (χ0n) is 6.97. The molecule has 0 N–H and O–H groups in total. The molecule has 0 atom stereocenters. The second-order valence-corrected chi connectivity index (χ2v) is 3.57. The minimum Gasteiger partial charge on any atom is -0.418 e. The van der Waals surface area contributed by atoms with E-state index in [1.807, 2.05) is 0 Å². The highest BCUT2D eigenvalue weighted by molar-refractivity contribution is 9.10. The van der Waals surface area contributed by atoms with Crippen molar-refractivity contribution in [1.29, 1.82) is 5.39 Å². The maximum atomic E-state index is 9.75. The molecule has 1 rings (SSSR count). The van der Waals surface area contributed by atoms with Gasteiger partial charge in [-0.2, -0.15) is 0 Å². The van der Waals surface area contributed by atoms with E-state index < -0.39 is 7.25 Å². The molecular weight excluding hydrogens is 302 g/mol. The van der Waals surface area contributed by atoms with Crippen molar-refractivity contribution in [3.63, 3.8) is 0 Å². The summed E-state index contributed by atoms with van der Waals surface area (Å²) in [4.78, 5) is 2.98. The van der Waals surface area contributed by atoms with Gasteiger partial charge in [0, 0.05) is 15.6 Å². The zero-order chi connectivity index (χ0) is 12.1. The summed E-state index contributed by atoms with van der Waals surface area (Å²) >= 11 is 8.83. The average Bonchev–Trinajstić information content (AvgIpc) is 1.99. The zero-order valence-corrected chi connectivity index (χ0v) is 9.31. The van der Waals surface area contributed by atoms with Crippen molar-refractivity contribution in [2.75, 3.05) is 0 Å². The first kappa shape index (κ1) is 14.2. The maximum Gasteiger partial charge on any atom is 0.673 e. The molecule has 9 heteroatoms. The van der Waals surface area contributed by atoms with Gasteiger partial charge in [0.25, 0.3) is 0 Å². The van der Waals surface area contributed by atoms with E-state index in [0.29, 0.717) is 10.7 Å². The quantitative estimate of drug-likeness (QED) is 0.381. The van der Waals surface area contributed by atoms with Gasteiger partial charge < -0.3 is 17.3 Å². The van der Waals surface area contributed by atoms with Gasteiger partial charge in [-0.3, -0.25) is 0 Å². The molecule has 0 aliphatic heterocycles. The van der Waals surface area contributed by atoms with Crippen LogP contribution in [0.1, 0.15) is 0 Å². The molecule has 0 aromatic heterocycles. The van der Waals surface area contributed by atoms with Crippen LogP contribution >= 0.6 is 27.5 Å². The third-order valence-electron chi connectivity index (χ3n) is 0.963. The van der Waals surface area contributed by atoms with Crippen LogP contribution in [0, 0.1) is 5.39 Å². The number of nitrogens with zero attached hydrogens (tertiary/aromatic N) is 2. The van der Waals surface area contributed by atoms with Crippen molar-refractivity contribution in [3.05, 3.63) is 32.7 Å². The van der Waals surface area contributed by atoms with E-state index in [-0.39, 0.29) is 0 Å². The van der Waals surface area contributed by atoms with Crippen LogP contribution in [0.25, 0.3) is 4.98 Å². The van der Waals surface area contributed by atoms with Crippen molar-refractivity contribution < 1.29 is 17.3 Å². The highest BCUT2D eigenvalue weighted by Gasteiger charge is 2.20. The van der Waals surface area contributed by atoms with Crippen LogP contribution < -0.4 is 0 Å². The fourth-order valence-corrected chi connectivity index (χ4v) is 1.44. The molecule has 1 aromatic rings. The summed E-state index contributed by atoms with van der Waals surface area (Å²) in [5, 5.41) is 8.88. The normalized spacial score (nSPS) is 9.93. The largest absolute Gasteiger partial charge is 0.673 e. The van der Waals surface area contributed by atoms with Crippen LogP contribution in [0.15, 0.2) is 22.7 Å². The fraction of sp³-hybridized carbons (Fsp3) is 0. The van der Waals surface area contributed by atoms with Crippen LogP contribution in [0.5, 0.6) is 0 Å². The Labute approximate surface area is 96.1 Å². The van der Waals surface area contributed by atoms with Crippen LogP contribution in [0.4, 0.5) is 23.0 Å². The summed E-state index contributed by atoms with van der Waals surface area (Å²) in [5.74, 6) is 0. The SMILES string of the molecule is F[B-](F)(F)F.N#[N+]c1cc(Cl)cc(Br)c1. The highest BCUT2D eigenvalue weighted by Crippen LogP contribution is 2.24. The fourth-order valence-electron chi connectivity index (χ4n) is 0.597. The Kier molecular flexibility index (Phi) is 5.61. The molecule has 0 amide bonds. The molecule has 0 heterocycles.